The van der Waals surface area contributed by atoms with E-state index < -0.39 is 5.97 Å². The first-order valence-electron chi connectivity index (χ1n) is 8.30. The van der Waals surface area contributed by atoms with E-state index in [4.69, 9.17) is 9.84 Å². The Balaban J connectivity index is 1.89. The smallest absolute Gasteiger partial charge is 0.339 e. The predicted octanol–water partition coefficient (Wildman–Crippen LogP) is 3.93. The summed E-state index contributed by atoms with van der Waals surface area (Å²) in [5.74, 6) is -0.408. The molecule has 0 atom stereocenters. The highest BCUT2D eigenvalue weighted by Crippen LogP contribution is 2.28. The Morgan fingerprint density at radius 2 is 1.73 bits per heavy atom. The van der Waals surface area contributed by atoms with Crippen molar-refractivity contribution in [1.29, 1.82) is 0 Å². The molecule has 5 nitrogen and oxygen atoms in total. The molecule has 0 aliphatic rings. The van der Waals surface area contributed by atoms with Crippen molar-refractivity contribution in [2.75, 3.05) is 7.11 Å². The molecule has 2 heterocycles. The van der Waals surface area contributed by atoms with E-state index in [1.54, 1.807) is 6.07 Å². The van der Waals surface area contributed by atoms with Gasteiger partial charge in [0.25, 0.3) is 0 Å². The van der Waals surface area contributed by atoms with E-state index in [2.05, 4.69) is 17.1 Å². The van der Waals surface area contributed by atoms with Gasteiger partial charge in [-0.1, -0.05) is 60.7 Å². The summed E-state index contributed by atoms with van der Waals surface area (Å²) in [5, 5.41) is 5.61. The van der Waals surface area contributed by atoms with Crippen LogP contribution in [0.15, 0.2) is 72.9 Å². The lowest BCUT2D eigenvalue weighted by Gasteiger charge is -2.03. The summed E-state index contributed by atoms with van der Waals surface area (Å²) in [6.07, 6.45) is 1.53. The summed E-state index contributed by atoms with van der Waals surface area (Å²) in [5.41, 5.74) is 4.06. The molecule has 0 saturated heterocycles. The van der Waals surface area contributed by atoms with Crippen molar-refractivity contribution in [2.24, 2.45) is 0 Å². The number of hydrogen-bond donors (Lipinski definition) is 0. The topological polar surface area (TPSA) is 57.0 Å². The number of ether oxygens (including phenoxy) is 1. The number of nitrogens with zero attached hydrogens (tertiary/aromatic N) is 3. The lowest BCUT2D eigenvalue weighted by molar-refractivity contribution is 0.0600. The Labute approximate surface area is 150 Å². The highest BCUT2D eigenvalue weighted by molar-refractivity contribution is 5.97. The van der Waals surface area contributed by atoms with Crippen LogP contribution < -0.4 is 0 Å². The van der Waals surface area contributed by atoms with Crippen LogP contribution >= 0.6 is 0 Å². The van der Waals surface area contributed by atoms with Gasteiger partial charge in [0.2, 0.25) is 0 Å². The normalized spacial score (nSPS) is 10.8. The fraction of sp³-hybridized carbons (Fsp3) is 0.0952. The van der Waals surface area contributed by atoms with Crippen molar-refractivity contribution in [1.82, 2.24) is 14.8 Å². The lowest BCUT2D eigenvalue weighted by Crippen LogP contribution is -2.04. The van der Waals surface area contributed by atoms with Crippen LogP contribution in [0.2, 0.25) is 0 Å². The Morgan fingerprint density at radius 1 is 1.04 bits per heavy atom. The van der Waals surface area contributed by atoms with E-state index in [9.17, 15) is 4.79 Å². The maximum atomic E-state index is 11.9. The summed E-state index contributed by atoms with van der Waals surface area (Å²) < 4.78 is 6.70. The molecule has 0 fully saturated rings. The van der Waals surface area contributed by atoms with Crippen molar-refractivity contribution >= 4 is 17.0 Å². The fourth-order valence-corrected chi connectivity index (χ4v) is 2.96. The molecule has 128 valence electrons. The number of aromatic nitrogens is 3. The first kappa shape index (κ1) is 16.0. The Hall–Kier alpha value is -3.47. The van der Waals surface area contributed by atoms with Crippen LogP contribution in [0, 0.1) is 0 Å². The largest absolute Gasteiger partial charge is 0.465 e. The third kappa shape index (κ3) is 2.95. The maximum absolute atomic E-state index is 11.9. The first-order valence-corrected chi connectivity index (χ1v) is 8.30. The minimum absolute atomic E-state index is 0.408. The van der Waals surface area contributed by atoms with Crippen LogP contribution in [0.3, 0.4) is 0 Å². The van der Waals surface area contributed by atoms with Crippen molar-refractivity contribution in [3.8, 4) is 11.3 Å². The molecule has 5 heteroatoms. The number of rotatable bonds is 4. The van der Waals surface area contributed by atoms with Gasteiger partial charge >= 0.3 is 5.97 Å². The Morgan fingerprint density at radius 3 is 2.42 bits per heavy atom. The van der Waals surface area contributed by atoms with Gasteiger partial charge in [0.05, 0.1) is 19.2 Å². The van der Waals surface area contributed by atoms with Gasteiger partial charge in [0.1, 0.15) is 5.69 Å². The molecule has 0 aliphatic carbocycles. The van der Waals surface area contributed by atoms with Gasteiger partial charge < -0.3 is 4.74 Å². The molecule has 4 aromatic rings. The zero-order chi connectivity index (χ0) is 17.9. The summed E-state index contributed by atoms with van der Waals surface area (Å²) in [6.45, 7) is 0.606. The highest BCUT2D eigenvalue weighted by Gasteiger charge is 2.16. The summed E-state index contributed by atoms with van der Waals surface area (Å²) in [6, 6.07) is 21.8. The standard InChI is InChI=1S/C21H17N3O2/c1-26-21(25)17-12-18-19(16-10-6-3-7-11-16)23-24(20(18)22-13-17)14-15-8-4-2-5-9-15/h2-13H,14H2,1H3. The minimum atomic E-state index is -0.408. The van der Waals surface area contributed by atoms with Gasteiger partial charge in [-0.05, 0) is 11.6 Å². The quantitative estimate of drug-likeness (QED) is 0.527. The van der Waals surface area contributed by atoms with Gasteiger partial charge in [-0.25, -0.2) is 14.5 Å². The number of hydrogen-bond acceptors (Lipinski definition) is 4. The number of fused-ring (bicyclic) bond motifs is 1. The van der Waals surface area contributed by atoms with Crippen LogP contribution in [0.1, 0.15) is 15.9 Å². The second-order valence-corrected chi connectivity index (χ2v) is 5.94. The van der Waals surface area contributed by atoms with E-state index in [1.807, 2.05) is 53.2 Å². The fourth-order valence-electron chi connectivity index (χ4n) is 2.96. The van der Waals surface area contributed by atoms with E-state index in [0.717, 1.165) is 27.9 Å². The SMILES string of the molecule is COC(=O)c1cnc2c(c1)c(-c1ccccc1)nn2Cc1ccccc1. The van der Waals surface area contributed by atoms with E-state index >= 15 is 0 Å². The highest BCUT2D eigenvalue weighted by atomic mass is 16.5. The zero-order valence-electron chi connectivity index (χ0n) is 14.3. The third-order valence-corrected chi connectivity index (χ3v) is 4.23. The average molecular weight is 343 g/mol. The van der Waals surface area contributed by atoms with Gasteiger partial charge in [-0.2, -0.15) is 5.10 Å². The number of esters is 1. The molecule has 0 N–H and O–H groups in total. The maximum Gasteiger partial charge on any atom is 0.339 e. The predicted molar refractivity (Wildman–Crippen MR) is 99.8 cm³/mol. The third-order valence-electron chi connectivity index (χ3n) is 4.23. The van der Waals surface area contributed by atoms with E-state index in [0.29, 0.717) is 12.1 Å². The molecule has 0 saturated carbocycles. The van der Waals surface area contributed by atoms with Gasteiger partial charge in [-0.15, -0.1) is 0 Å². The zero-order valence-corrected chi connectivity index (χ0v) is 14.3. The molecule has 26 heavy (non-hydrogen) atoms. The Kier molecular flexibility index (Phi) is 4.19. The van der Waals surface area contributed by atoms with Crippen LogP contribution in [-0.2, 0) is 11.3 Å². The minimum Gasteiger partial charge on any atom is -0.465 e. The summed E-state index contributed by atoms with van der Waals surface area (Å²) in [7, 11) is 1.36. The molecule has 0 radical (unpaired) electrons. The van der Waals surface area contributed by atoms with Crippen LogP contribution in [0.5, 0.6) is 0 Å². The van der Waals surface area contributed by atoms with Crippen molar-refractivity contribution in [3.05, 3.63) is 84.1 Å². The van der Waals surface area contributed by atoms with Crippen molar-refractivity contribution in [2.45, 2.75) is 6.54 Å². The van der Waals surface area contributed by atoms with E-state index in [-0.39, 0.29) is 0 Å². The second-order valence-electron chi connectivity index (χ2n) is 5.94. The van der Waals surface area contributed by atoms with Crippen LogP contribution in [0.4, 0.5) is 0 Å². The number of methoxy groups -OCH3 is 1. The Bertz CT molecular complexity index is 1060. The molecule has 2 aromatic carbocycles. The van der Waals surface area contributed by atoms with Crippen molar-refractivity contribution < 1.29 is 9.53 Å². The molecular weight excluding hydrogens is 326 g/mol. The molecule has 0 unspecified atom stereocenters. The summed E-state index contributed by atoms with van der Waals surface area (Å²) in [4.78, 5) is 16.4. The van der Waals surface area contributed by atoms with Gasteiger partial charge in [-0.3, -0.25) is 0 Å². The second kappa shape index (κ2) is 6.80. The number of carbonyl (C=O) groups is 1. The summed E-state index contributed by atoms with van der Waals surface area (Å²) >= 11 is 0. The number of pyridine rings is 1. The van der Waals surface area contributed by atoms with Crippen molar-refractivity contribution in [3.63, 3.8) is 0 Å². The van der Waals surface area contributed by atoms with Crippen LogP contribution in [0.25, 0.3) is 22.3 Å². The molecule has 2 aromatic heterocycles. The van der Waals surface area contributed by atoms with E-state index in [1.165, 1.54) is 13.3 Å². The first-order chi connectivity index (χ1) is 12.8. The molecular formula is C21H17N3O2. The molecule has 0 aliphatic heterocycles. The lowest BCUT2D eigenvalue weighted by atomic mass is 10.1. The molecule has 0 amide bonds. The monoisotopic (exact) mass is 343 g/mol. The number of carbonyl (C=O) groups excluding carboxylic acids is 1. The molecule has 4 rings (SSSR count). The van der Waals surface area contributed by atoms with Gasteiger partial charge in [0.15, 0.2) is 5.65 Å². The average Bonchev–Trinajstić information content (AvgIpc) is 3.06. The molecule has 0 bridgehead atoms. The van der Waals surface area contributed by atoms with Crippen LogP contribution in [-0.4, -0.2) is 27.8 Å². The molecule has 0 spiro atoms. The number of benzene rings is 2. The van der Waals surface area contributed by atoms with Gasteiger partial charge in [0, 0.05) is 17.1 Å².